The van der Waals surface area contributed by atoms with Crippen molar-refractivity contribution in [3.8, 4) is 0 Å². The number of rotatable bonds is 6. The maximum atomic E-state index is 12.4. The van der Waals surface area contributed by atoms with E-state index in [9.17, 15) is 4.79 Å². The van der Waals surface area contributed by atoms with Gasteiger partial charge in [0.25, 0.3) is 0 Å². The molecule has 0 radical (unpaired) electrons. The average Bonchev–Trinajstić information content (AvgIpc) is 2.53. The van der Waals surface area contributed by atoms with E-state index in [1.165, 1.54) is 5.56 Å². The third kappa shape index (κ3) is 5.30. The first-order valence-corrected chi connectivity index (χ1v) is 8.36. The van der Waals surface area contributed by atoms with Crippen molar-refractivity contribution in [1.29, 1.82) is 0 Å². The highest BCUT2D eigenvalue weighted by Crippen LogP contribution is 2.16. The fourth-order valence-electron chi connectivity index (χ4n) is 2.88. The number of amides is 1. The smallest absolute Gasteiger partial charge is 0.237 e. The molecular formula is C18H29N3O2. The van der Waals surface area contributed by atoms with E-state index in [4.69, 9.17) is 4.74 Å². The highest BCUT2D eigenvalue weighted by molar-refractivity contribution is 5.81. The molecule has 128 valence electrons. The molecule has 1 aliphatic heterocycles. The summed E-state index contributed by atoms with van der Waals surface area (Å²) in [6.45, 7) is 9.31. The lowest BCUT2D eigenvalue weighted by molar-refractivity contribution is -0.123. The van der Waals surface area contributed by atoms with Crippen LogP contribution >= 0.6 is 0 Å². The molecule has 5 heteroatoms. The van der Waals surface area contributed by atoms with Gasteiger partial charge in [0.15, 0.2) is 0 Å². The van der Waals surface area contributed by atoms with Gasteiger partial charge in [0.05, 0.1) is 24.8 Å². The van der Waals surface area contributed by atoms with Crippen molar-refractivity contribution in [3.05, 3.63) is 35.4 Å². The van der Waals surface area contributed by atoms with E-state index in [1.807, 2.05) is 26.0 Å². The second-order valence-corrected chi connectivity index (χ2v) is 6.47. The minimum absolute atomic E-state index is 0.00464. The largest absolute Gasteiger partial charge is 0.374 e. The normalized spacial score (nSPS) is 21.7. The van der Waals surface area contributed by atoms with Gasteiger partial charge < -0.3 is 20.3 Å². The van der Waals surface area contributed by atoms with Gasteiger partial charge in [0, 0.05) is 19.6 Å². The Kier molecular flexibility index (Phi) is 6.57. The van der Waals surface area contributed by atoms with E-state index in [-0.39, 0.29) is 24.1 Å². The van der Waals surface area contributed by atoms with Crippen LogP contribution in [0.4, 0.5) is 0 Å². The predicted molar refractivity (Wildman–Crippen MR) is 92.4 cm³/mol. The third-order valence-corrected chi connectivity index (χ3v) is 4.40. The number of nitrogens with zero attached hydrogens (tertiary/aromatic N) is 1. The summed E-state index contributed by atoms with van der Waals surface area (Å²) in [5, 5.41) is 6.36. The maximum Gasteiger partial charge on any atom is 0.237 e. The summed E-state index contributed by atoms with van der Waals surface area (Å²) >= 11 is 0. The van der Waals surface area contributed by atoms with E-state index in [0.29, 0.717) is 6.54 Å². The number of nitrogens with one attached hydrogen (secondary N) is 2. The molecule has 1 saturated heterocycles. The van der Waals surface area contributed by atoms with Crippen molar-refractivity contribution in [2.45, 2.75) is 39.0 Å². The molecule has 1 aromatic rings. The van der Waals surface area contributed by atoms with E-state index in [1.54, 1.807) is 0 Å². The number of aryl methyl sites for hydroxylation is 1. The Morgan fingerprint density at radius 2 is 2.13 bits per heavy atom. The quantitative estimate of drug-likeness (QED) is 0.834. The molecule has 3 atom stereocenters. The zero-order chi connectivity index (χ0) is 16.8. The van der Waals surface area contributed by atoms with Gasteiger partial charge in [0.2, 0.25) is 5.91 Å². The van der Waals surface area contributed by atoms with Crippen LogP contribution in [0.15, 0.2) is 24.3 Å². The molecule has 23 heavy (non-hydrogen) atoms. The van der Waals surface area contributed by atoms with Crippen LogP contribution in [0, 0.1) is 6.92 Å². The van der Waals surface area contributed by atoms with Gasteiger partial charge in [-0.25, -0.2) is 0 Å². The number of benzene rings is 1. The Bertz CT molecular complexity index is 521. The van der Waals surface area contributed by atoms with E-state index in [0.717, 1.165) is 25.3 Å². The molecule has 2 rings (SSSR count). The number of hydrogen-bond acceptors (Lipinski definition) is 4. The summed E-state index contributed by atoms with van der Waals surface area (Å²) in [5.41, 5.74) is 2.35. The summed E-state index contributed by atoms with van der Waals surface area (Å²) in [6, 6.07) is 7.91. The van der Waals surface area contributed by atoms with Crippen LogP contribution in [-0.2, 0) is 9.53 Å². The molecule has 1 heterocycles. The molecule has 1 fully saturated rings. The molecule has 0 aromatic heterocycles. The zero-order valence-electron chi connectivity index (χ0n) is 14.6. The zero-order valence-corrected chi connectivity index (χ0v) is 14.6. The lowest BCUT2D eigenvalue weighted by atomic mass is 10.0. The number of carbonyl (C=O) groups excluding carboxylic acids is 1. The van der Waals surface area contributed by atoms with Crippen molar-refractivity contribution >= 4 is 5.91 Å². The molecule has 2 N–H and O–H groups in total. The fraction of sp³-hybridized carbons (Fsp3) is 0.611. The number of morpholine rings is 1. The second-order valence-electron chi connectivity index (χ2n) is 6.47. The molecule has 0 spiro atoms. The van der Waals surface area contributed by atoms with Gasteiger partial charge in [-0.3, -0.25) is 4.79 Å². The Labute approximate surface area is 139 Å². The molecule has 0 bridgehead atoms. The molecule has 0 unspecified atom stereocenters. The van der Waals surface area contributed by atoms with Crippen LogP contribution in [0.1, 0.15) is 31.0 Å². The summed E-state index contributed by atoms with van der Waals surface area (Å²) in [6.07, 6.45) is 0.151. The van der Waals surface area contributed by atoms with Gasteiger partial charge >= 0.3 is 0 Å². The Morgan fingerprint density at radius 3 is 2.83 bits per heavy atom. The molecule has 1 aliphatic rings. The summed E-state index contributed by atoms with van der Waals surface area (Å²) in [5.74, 6) is 0.0184. The van der Waals surface area contributed by atoms with Gasteiger partial charge in [-0.2, -0.15) is 0 Å². The van der Waals surface area contributed by atoms with Crippen LogP contribution < -0.4 is 10.6 Å². The second kappa shape index (κ2) is 8.43. The topological polar surface area (TPSA) is 53.6 Å². The Balaban J connectivity index is 1.79. The van der Waals surface area contributed by atoms with Crippen molar-refractivity contribution in [1.82, 2.24) is 15.5 Å². The fourth-order valence-corrected chi connectivity index (χ4v) is 2.88. The lowest BCUT2D eigenvalue weighted by Gasteiger charge is -2.31. The summed E-state index contributed by atoms with van der Waals surface area (Å²) in [7, 11) is 2.09. The van der Waals surface area contributed by atoms with Crippen molar-refractivity contribution in [3.63, 3.8) is 0 Å². The van der Waals surface area contributed by atoms with Gasteiger partial charge in [-0.1, -0.05) is 24.3 Å². The van der Waals surface area contributed by atoms with Gasteiger partial charge in [-0.15, -0.1) is 0 Å². The minimum Gasteiger partial charge on any atom is -0.374 e. The molecule has 0 saturated carbocycles. The van der Waals surface area contributed by atoms with Crippen LogP contribution in [0.2, 0.25) is 0 Å². The lowest BCUT2D eigenvalue weighted by Crippen LogP contribution is -2.49. The highest BCUT2D eigenvalue weighted by Gasteiger charge is 2.21. The van der Waals surface area contributed by atoms with E-state index >= 15 is 0 Å². The van der Waals surface area contributed by atoms with Crippen LogP contribution in [0.5, 0.6) is 0 Å². The molecule has 1 amide bonds. The Hall–Kier alpha value is -1.43. The van der Waals surface area contributed by atoms with Crippen LogP contribution in [0.3, 0.4) is 0 Å². The molecule has 5 nitrogen and oxygen atoms in total. The predicted octanol–water partition coefficient (Wildman–Crippen LogP) is 1.48. The van der Waals surface area contributed by atoms with Crippen LogP contribution in [-0.4, -0.2) is 56.2 Å². The number of hydrogen-bond donors (Lipinski definition) is 2. The van der Waals surface area contributed by atoms with Gasteiger partial charge in [-0.05, 0) is 38.9 Å². The number of likely N-dealkylation sites (N-methyl/N-ethyl adjacent to an activating group) is 1. The average molecular weight is 319 g/mol. The Morgan fingerprint density at radius 1 is 1.39 bits per heavy atom. The van der Waals surface area contributed by atoms with Crippen molar-refractivity contribution < 1.29 is 9.53 Å². The maximum absolute atomic E-state index is 12.4. The first-order valence-electron chi connectivity index (χ1n) is 8.36. The number of ether oxygens (including phenoxy) is 1. The summed E-state index contributed by atoms with van der Waals surface area (Å²) < 4.78 is 5.71. The van der Waals surface area contributed by atoms with E-state index < -0.39 is 0 Å². The third-order valence-electron chi connectivity index (χ3n) is 4.40. The molecular weight excluding hydrogens is 290 g/mol. The van der Waals surface area contributed by atoms with Crippen LogP contribution in [0.25, 0.3) is 0 Å². The van der Waals surface area contributed by atoms with E-state index in [2.05, 4.69) is 41.6 Å². The minimum atomic E-state index is -0.239. The standard InChI is InChI=1S/C18H29N3O2/c1-13-7-5-6-8-17(13)14(2)20-18(22)15(3)19-11-16-12-21(4)9-10-23-16/h5-8,14-16,19H,9-12H2,1-4H3,(H,20,22)/t14-,15-,16+/m0/s1. The summed E-state index contributed by atoms with van der Waals surface area (Å²) in [4.78, 5) is 14.6. The first kappa shape index (κ1) is 17.9. The van der Waals surface area contributed by atoms with Crippen molar-refractivity contribution in [2.75, 3.05) is 33.3 Å². The van der Waals surface area contributed by atoms with Gasteiger partial charge in [0.1, 0.15) is 0 Å². The molecule has 1 aromatic carbocycles. The SMILES string of the molecule is Cc1ccccc1[C@H](C)NC(=O)[C@H](C)NC[C@@H]1CN(C)CCO1. The highest BCUT2D eigenvalue weighted by atomic mass is 16.5. The molecule has 0 aliphatic carbocycles. The first-order chi connectivity index (χ1) is 11.0. The number of carbonyl (C=O) groups is 1. The monoisotopic (exact) mass is 319 g/mol. The van der Waals surface area contributed by atoms with Crippen molar-refractivity contribution in [2.24, 2.45) is 0 Å².